The van der Waals surface area contributed by atoms with E-state index in [-0.39, 0.29) is 5.91 Å². The summed E-state index contributed by atoms with van der Waals surface area (Å²) < 4.78 is 4.97. The first-order valence-corrected chi connectivity index (χ1v) is 7.45. The topological polar surface area (TPSA) is 55.6 Å². The van der Waals surface area contributed by atoms with Crippen LogP contribution in [0.2, 0.25) is 0 Å². The van der Waals surface area contributed by atoms with Crippen LogP contribution in [-0.4, -0.2) is 54.2 Å². The smallest absolute Gasteiger partial charge is 0.242 e. The molecule has 1 saturated heterocycles. The number of carbonyl (C=O) groups excluding carboxylic acids is 1. The summed E-state index contributed by atoms with van der Waals surface area (Å²) >= 11 is 2.03. The van der Waals surface area contributed by atoms with Crippen LogP contribution in [0.15, 0.2) is 0 Å². The van der Waals surface area contributed by atoms with Gasteiger partial charge in [-0.25, -0.2) is 0 Å². The van der Waals surface area contributed by atoms with E-state index in [1.807, 2.05) is 16.7 Å². The summed E-state index contributed by atoms with van der Waals surface area (Å²) in [4.78, 5) is 14.3. The molecule has 1 saturated carbocycles. The molecule has 2 aliphatic rings. The minimum Gasteiger partial charge on any atom is -0.383 e. The molecule has 0 aromatic rings. The average molecular weight is 258 g/mol. The summed E-state index contributed by atoms with van der Waals surface area (Å²) in [5.74, 6) is 1.12. The number of carbonyl (C=O) groups is 1. The SMILES string of the molecule is COCC(N)C(=O)N1CCSC2CCCCC21. The van der Waals surface area contributed by atoms with Gasteiger partial charge in [0, 0.05) is 30.7 Å². The van der Waals surface area contributed by atoms with Gasteiger partial charge in [-0.05, 0) is 12.8 Å². The molecule has 1 aliphatic carbocycles. The number of nitrogens with zero attached hydrogens (tertiary/aromatic N) is 1. The summed E-state index contributed by atoms with van der Waals surface area (Å²) in [6.45, 7) is 1.17. The van der Waals surface area contributed by atoms with Gasteiger partial charge in [0.25, 0.3) is 0 Å². The van der Waals surface area contributed by atoms with Gasteiger partial charge in [0.2, 0.25) is 5.91 Å². The Bertz CT molecular complexity index is 273. The van der Waals surface area contributed by atoms with Crippen molar-refractivity contribution in [3.63, 3.8) is 0 Å². The van der Waals surface area contributed by atoms with Gasteiger partial charge in [0.05, 0.1) is 6.61 Å². The first-order chi connectivity index (χ1) is 8.24. The maximum absolute atomic E-state index is 12.3. The van der Waals surface area contributed by atoms with Crippen LogP contribution in [-0.2, 0) is 9.53 Å². The maximum Gasteiger partial charge on any atom is 0.242 e. The predicted molar refractivity (Wildman–Crippen MR) is 70.1 cm³/mol. The third-order valence-corrected chi connectivity index (χ3v) is 5.07. The Morgan fingerprint density at radius 1 is 1.53 bits per heavy atom. The lowest BCUT2D eigenvalue weighted by atomic mass is 9.93. The Hall–Kier alpha value is -0.260. The number of amides is 1. The average Bonchev–Trinajstić information content (AvgIpc) is 2.37. The first-order valence-electron chi connectivity index (χ1n) is 6.40. The van der Waals surface area contributed by atoms with Crippen LogP contribution in [0.4, 0.5) is 0 Å². The van der Waals surface area contributed by atoms with Crippen molar-refractivity contribution in [2.45, 2.75) is 43.0 Å². The van der Waals surface area contributed by atoms with Crippen molar-refractivity contribution in [3.05, 3.63) is 0 Å². The van der Waals surface area contributed by atoms with Crippen LogP contribution in [0.1, 0.15) is 25.7 Å². The van der Waals surface area contributed by atoms with Gasteiger partial charge in [0.1, 0.15) is 6.04 Å². The van der Waals surface area contributed by atoms with Gasteiger partial charge in [0.15, 0.2) is 0 Å². The number of ether oxygens (including phenoxy) is 1. The second-order valence-corrected chi connectivity index (χ2v) is 6.20. The number of rotatable bonds is 3. The Balaban J connectivity index is 2.00. The van der Waals surface area contributed by atoms with E-state index in [1.165, 1.54) is 19.3 Å². The normalized spacial score (nSPS) is 30.8. The lowest BCUT2D eigenvalue weighted by molar-refractivity contribution is -0.136. The minimum absolute atomic E-state index is 0.0732. The molecule has 0 bridgehead atoms. The third kappa shape index (κ3) is 2.95. The fraction of sp³-hybridized carbons (Fsp3) is 0.917. The van der Waals surface area contributed by atoms with Crippen molar-refractivity contribution < 1.29 is 9.53 Å². The first kappa shape index (κ1) is 13.2. The number of fused-ring (bicyclic) bond motifs is 1. The molecule has 0 aromatic carbocycles. The van der Waals surface area contributed by atoms with Crippen LogP contribution < -0.4 is 5.73 Å². The number of hydrogen-bond acceptors (Lipinski definition) is 4. The van der Waals surface area contributed by atoms with Gasteiger partial charge in [-0.3, -0.25) is 4.79 Å². The Kier molecular flexibility index (Phi) is 4.70. The molecule has 0 radical (unpaired) electrons. The van der Waals surface area contributed by atoms with Crippen LogP contribution in [0.5, 0.6) is 0 Å². The molecule has 1 aliphatic heterocycles. The molecule has 98 valence electrons. The molecule has 3 unspecified atom stereocenters. The lowest BCUT2D eigenvalue weighted by Crippen LogP contribution is -2.56. The van der Waals surface area contributed by atoms with E-state index in [2.05, 4.69) is 0 Å². The van der Waals surface area contributed by atoms with Crippen molar-refractivity contribution in [2.75, 3.05) is 26.0 Å². The van der Waals surface area contributed by atoms with Crippen molar-refractivity contribution in [1.82, 2.24) is 4.90 Å². The van der Waals surface area contributed by atoms with Crippen LogP contribution >= 0.6 is 11.8 Å². The summed E-state index contributed by atoms with van der Waals surface area (Å²) in [5.41, 5.74) is 5.86. The fourth-order valence-electron chi connectivity index (χ4n) is 2.83. The van der Waals surface area contributed by atoms with E-state index in [4.69, 9.17) is 10.5 Å². The summed E-state index contributed by atoms with van der Waals surface area (Å²) in [6, 6.07) is -0.0800. The molecule has 1 heterocycles. The van der Waals surface area contributed by atoms with E-state index in [1.54, 1.807) is 7.11 Å². The fourth-order valence-corrected chi connectivity index (χ4v) is 4.28. The minimum atomic E-state index is -0.495. The van der Waals surface area contributed by atoms with Gasteiger partial charge in [-0.2, -0.15) is 11.8 Å². The molecule has 0 aromatic heterocycles. The molecule has 0 spiro atoms. The Morgan fingerprint density at radius 3 is 3.06 bits per heavy atom. The molecule has 1 amide bonds. The van der Waals surface area contributed by atoms with Crippen LogP contribution in [0, 0.1) is 0 Å². The molecule has 5 heteroatoms. The molecule has 2 rings (SSSR count). The second-order valence-electron chi connectivity index (χ2n) is 4.85. The molecule has 2 N–H and O–H groups in total. The monoisotopic (exact) mass is 258 g/mol. The van der Waals surface area contributed by atoms with Crippen molar-refractivity contribution >= 4 is 17.7 Å². The van der Waals surface area contributed by atoms with Crippen molar-refractivity contribution in [1.29, 1.82) is 0 Å². The van der Waals surface area contributed by atoms with Gasteiger partial charge in [-0.1, -0.05) is 12.8 Å². The largest absolute Gasteiger partial charge is 0.383 e. The quantitative estimate of drug-likeness (QED) is 0.815. The molecule has 4 nitrogen and oxygen atoms in total. The Labute approximate surface area is 107 Å². The van der Waals surface area contributed by atoms with Crippen LogP contribution in [0.25, 0.3) is 0 Å². The van der Waals surface area contributed by atoms with Crippen molar-refractivity contribution in [3.8, 4) is 0 Å². The zero-order chi connectivity index (χ0) is 12.3. The molecular weight excluding hydrogens is 236 g/mol. The van der Waals surface area contributed by atoms with Crippen molar-refractivity contribution in [2.24, 2.45) is 5.73 Å². The molecule has 2 fully saturated rings. The van der Waals surface area contributed by atoms with E-state index in [0.29, 0.717) is 17.9 Å². The zero-order valence-electron chi connectivity index (χ0n) is 10.4. The number of nitrogens with two attached hydrogens (primary N) is 1. The zero-order valence-corrected chi connectivity index (χ0v) is 11.2. The number of hydrogen-bond donors (Lipinski definition) is 1. The third-order valence-electron chi connectivity index (χ3n) is 3.68. The van der Waals surface area contributed by atoms with Gasteiger partial charge in [-0.15, -0.1) is 0 Å². The number of thioether (sulfide) groups is 1. The molecular formula is C12H22N2O2S. The highest BCUT2D eigenvalue weighted by atomic mass is 32.2. The summed E-state index contributed by atoms with van der Waals surface area (Å²) in [5, 5.41) is 0.635. The van der Waals surface area contributed by atoms with Crippen LogP contribution in [0.3, 0.4) is 0 Å². The van der Waals surface area contributed by atoms with E-state index in [9.17, 15) is 4.79 Å². The Morgan fingerprint density at radius 2 is 2.29 bits per heavy atom. The lowest BCUT2D eigenvalue weighted by Gasteiger charge is -2.44. The number of methoxy groups -OCH3 is 1. The molecule has 3 atom stereocenters. The van der Waals surface area contributed by atoms with Gasteiger partial charge >= 0.3 is 0 Å². The van der Waals surface area contributed by atoms with E-state index < -0.39 is 6.04 Å². The molecule has 17 heavy (non-hydrogen) atoms. The second kappa shape index (κ2) is 6.07. The predicted octanol–water partition coefficient (Wildman–Crippen LogP) is 0.847. The maximum atomic E-state index is 12.3. The summed E-state index contributed by atoms with van der Waals surface area (Å²) in [6.07, 6.45) is 4.94. The highest BCUT2D eigenvalue weighted by Crippen LogP contribution is 2.35. The van der Waals surface area contributed by atoms with E-state index >= 15 is 0 Å². The van der Waals surface area contributed by atoms with E-state index in [0.717, 1.165) is 18.7 Å². The highest BCUT2D eigenvalue weighted by Gasteiger charge is 2.37. The van der Waals surface area contributed by atoms with Gasteiger partial charge < -0.3 is 15.4 Å². The standard InChI is InChI=1S/C12H22N2O2S/c1-16-8-9(13)12(15)14-6-7-17-11-5-3-2-4-10(11)14/h9-11H,2-8,13H2,1H3. The highest BCUT2D eigenvalue weighted by molar-refractivity contribution is 8.00. The summed E-state index contributed by atoms with van der Waals surface area (Å²) in [7, 11) is 1.59.